The number of carbonyl (C=O) groups excluding carboxylic acids is 1. The first kappa shape index (κ1) is 18.7. The first-order valence-electron chi connectivity index (χ1n) is 11.1. The van der Waals surface area contributed by atoms with Crippen molar-refractivity contribution in [1.29, 1.82) is 0 Å². The number of aromatic nitrogens is 2. The molecule has 0 saturated heterocycles. The number of benzene rings is 1. The summed E-state index contributed by atoms with van der Waals surface area (Å²) in [5, 5.41) is 7.81. The van der Waals surface area contributed by atoms with Gasteiger partial charge in [0.15, 0.2) is 0 Å². The third kappa shape index (κ3) is 3.34. The largest absolute Gasteiger partial charge is 0.327 e. The van der Waals surface area contributed by atoms with Crippen molar-refractivity contribution in [2.24, 2.45) is 23.2 Å². The van der Waals surface area contributed by atoms with Gasteiger partial charge >= 0.3 is 6.03 Å². The van der Waals surface area contributed by atoms with Crippen LogP contribution in [0, 0.1) is 37.0 Å². The van der Waals surface area contributed by atoms with E-state index in [1.807, 2.05) is 60.8 Å². The van der Waals surface area contributed by atoms with Gasteiger partial charge in [-0.15, -0.1) is 0 Å². The molecule has 5 heteroatoms. The second-order valence-electron chi connectivity index (χ2n) is 10.00. The van der Waals surface area contributed by atoms with Gasteiger partial charge in [0.1, 0.15) is 0 Å². The highest BCUT2D eigenvalue weighted by atomic mass is 16.2. The number of hydrogen-bond donors (Lipinski definition) is 1. The van der Waals surface area contributed by atoms with E-state index in [1.165, 1.54) is 38.5 Å². The van der Waals surface area contributed by atoms with E-state index < -0.39 is 0 Å². The van der Waals surface area contributed by atoms with Crippen LogP contribution in [0.15, 0.2) is 30.3 Å². The number of para-hydroxylation sites is 1. The predicted molar refractivity (Wildman–Crippen MR) is 115 cm³/mol. The molecule has 29 heavy (non-hydrogen) atoms. The molecule has 154 valence electrons. The van der Waals surface area contributed by atoms with Gasteiger partial charge in [0.05, 0.1) is 22.8 Å². The number of urea groups is 1. The van der Waals surface area contributed by atoms with Gasteiger partial charge in [-0.1, -0.05) is 18.2 Å². The van der Waals surface area contributed by atoms with Crippen LogP contribution in [0.5, 0.6) is 0 Å². The fraction of sp³-hybridized carbons (Fsp3) is 0.583. The molecule has 6 rings (SSSR count). The molecule has 4 bridgehead atoms. The SMILES string of the molecule is Cc1nn(-c2ccccc2)c(C)c1NC(=O)N(C)CC12CC3CC(CC(C3)C1)C2. The normalized spacial score (nSPS) is 29.8. The number of amides is 2. The van der Waals surface area contributed by atoms with E-state index >= 15 is 0 Å². The van der Waals surface area contributed by atoms with E-state index in [-0.39, 0.29) is 6.03 Å². The Morgan fingerprint density at radius 3 is 2.28 bits per heavy atom. The lowest BCUT2D eigenvalue weighted by Crippen LogP contribution is -2.52. The van der Waals surface area contributed by atoms with Crippen LogP contribution in [0.4, 0.5) is 10.5 Å². The molecule has 4 saturated carbocycles. The number of nitrogens with one attached hydrogen (secondary N) is 1. The van der Waals surface area contributed by atoms with Crippen LogP contribution in [0.25, 0.3) is 5.69 Å². The van der Waals surface area contributed by atoms with Crippen molar-refractivity contribution in [2.45, 2.75) is 52.4 Å². The standard InChI is InChI=1S/C24H32N4O/c1-16-22(17(2)28(26-16)21-7-5-4-6-8-21)25-23(29)27(3)15-24-12-18-9-19(13-24)11-20(10-18)14-24/h4-8,18-20H,9-15H2,1-3H3,(H,25,29). The smallest absolute Gasteiger partial charge is 0.321 e. The fourth-order valence-electron chi connectivity index (χ4n) is 6.91. The third-order valence-electron chi connectivity index (χ3n) is 7.61. The van der Waals surface area contributed by atoms with E-state index in [0.29, 0.717) is 5.41 Å². The number of carbonyl (C=O) groups is 1. The summed E-state index contributed by atoms with van der Waals surface area (Å²) < 4.78 is 1.91. The topological polar surface area (TPSA) is 50.2 Å². The van der Waals surface area contributed by atoms with Crippen molar-refractivity contribution in [2.75, 3.05) is 18.9 Å². The van der Waals surface area contributed by atoms with E-state index in [2.05, 4.69) is 10.4 Å². The van der Waals surface area contributed by atoms with E-state index in [1.54, 1.807) is 0 Å². The van der Waals surface area contributed by atoms with Gasteiger partial charge in [-0.05, 0) is 87.7 Å². The summed E-state index contributed by atoms with van der Waals surface area (Å²) in [7, 11) is 1.96. The first-order chi connectivity index (χ1) is 13.9. The molecular weight excluding hydrogens is 360 g/mol. The molecule has 4 fully saturated rings. The highest BCUT2D eigenvalue weighted by Gasteiger charge is 2.51. The zero-order chi connectivity index (χ0) is 20.2. The first-order valence-corrected chi connectivity index (χ1v) is 11.1. The van der Waals surface area contributed by atoms with Crippen molar-refractivity contribution >= 4 is 11.7 Å². The van der Waals surface area contributed by atoms with Crippen LogP contribution in [0.2, 0.25) is 0 Å². The fourth-order valence-corrected chi connectivity index (χ4v) is 6.91. The van der Waals surface area contributed by atoms with Gasteiger partial charge in [0.25, 0.3) is 0 Å². The van der Waals surface area contributed by atoms with Gasteiger partial charge in [-0.25, -0.2) is 9.48 Å². The van der Waals surface area contributed by atoms with Crippen LogP contribution in [-0.4, -0.2) is 34.3 Å². The summed E-state index contributed by atoms with van der Waals surface area (Å²) in [4.78, 5) is 15.0. The van der Waals surface area contributed by atoms with Crippen LogP contribution in [0.1, 0.15) is 49.9 Å². The lowest BCUT2D eigenvalue weighted by molar-refractivity contribution is -0.0611. The van der Waals surface area contributed by atoms with Crippen molar-refractivity contribution in [3.63, 3.8) is 0 Å². The van der Waals surface area contributed by atoms with E-state index in [9.17, 15) is 4.79 Å². The van der Waals surface area contributed by atoms with E-state index in [0.717, 1.165) is 47.1 Å². The predicted octanol–water partition coefficient (Wildman–Crippen LogP) is 5.17. The Balaban J connectivity index is 1.30. The summed E-state index contributed by atoms with van der Waals surface area (Å²) in [6.07, 6.45) is 8.27. The van der Waals surface area contributed by atoms with Crippen LogP contribution in [-0.2, 0) is 0 Å². The van der Waals surface area contributed by atoms with Crippen molar-refractivity contribution in [3.8, 4) is 5.69 Å². The molecule has 5 nitrogen and oxygen atoms in total. The Bertz CT molecular complexity index is 881. The van der Waals surface area contributed by atoms with Gasteiger partial charge in [-0.3, -0.25) is 0 Å². The highest BCUT2D eigenvalue weighted by Crippen LogP contribution is 2.60. The Kier molecular flexibility index (Phi) is 4.45. The average molecular weight is 393 g/mol. The molecule has 0 aliphatic heterocycles. The monoisotopic (exact) mass is 392 g/mol. The van der Waals surface area contributed by atoms with Gasteiger partial charge in [0, 0.05) is 13.6 Å². The molecule has 0 atom stereocenters. The maximum atomic E-state index is 13.1. The van der Waals surface area contributed by atoms with Crippen LogP contribution in [0.3, 0.4) is 0 Å². The maximum absolute atomic E-state index is 13.1. The summed E-state index contributed by atoms with van der Waals surface area (Å²) in [6, 6.07) is 10.1. The molecule has 4 aliphatic carbocycles. The van der Waals surface area contributed by atoms with Crippen molar-refractivity contribution in [3.05, 3.63) is 41.7 Å². The quantitative estimate of drug-likeness (QED) is 0.780. The zero-order valence-corrected chi connectivity index (χ0v) is 17.8. The summed E-state index contributed by atoms with van der Waals surface area (Å²) in [5.41, 5.74) is 4.01. The van der Waals surface area contributed by atoms with Crippen LogP contribution >= 0.6 is 0 Å². The number of aryl methyl sites for hydroxylation is 1. The summed E-state index contributed by atoms with van der Waals surface area (Å²) in [6.45, 7) is 4.86. The van der Waals surface area contributed by atoms with E-state index in [4.69, 9.17) is 0 Å². The molecule has 0 spiro atoms. The molecule has 1 aromatic heterocycles. The third-order valence-corrected chi connectivity index (χ3v) is 7.61. The molecular formula is C24H32N4O. The molecule has 1 aromatic carbocycles. The Labute approximate surface area is 173 Å². The number of hydrogen-bond acceptors (Lipinski definition) is 2. The molecule has 1 N–H and O–H groups in total. The minimum atomic E-state index is -0.0143. The molecule has 2 aromatic rings. The van der Waals surface area contributed by atoms with Crippen molar-refractivity contribution in [1.82, 2.24) is 14.7 Å². The average Bonchev–Trinajstić information content (AvgIpc) is 2.95. The van der Waals surface area contributed by atoms with Gasteiger partial charge < -0.3 is 10.2 Å². The van der Waals surface area contributed by atoms with Gasteiger partial charge in [0.2, 0.25) is 0 Å². The van der Waals surface area contributed by atoms with Gasteiger partial charge in [-0.2, -0.15) is 5.10 Å². The van der Waals surface area contributed by atoms with Crippen LogP contribution < -0.4 is 5.32 Å². The lowest BCUT2D eigenvalue weighted by Gasteiger charge is -2.57. The van der Waals surface area contributed by atoms with Crippen molar-refractivity contribution < 1.29 is 4.79 Å². The molecule has 0 radical (unpaired) electrons. The lowest BCUT2D eigenvalue weighted by atomic mass is 9.49. The number of rotatable bonds is 4. The Morgan fingerprint density at radius 2 is 1.69 bits per heavy atom. The maximum Gasteiger partial charge on any atom is 0.321 e. The number of anilines is 1. The molecule has 4 aliphatic rings. The molecule has 2 amide bonds. The highest BCUT2D eigenvalue weighted by molar-refractivity contribution is 5.90. The second-order valence-corrected chi connectivity index (χ2v) is 10.00. The summed E-state index contributed by atoms with van der Waals surface area (Å²) >= 11 is 0. The minimum absolute atomic E-state index is 0.0143. The minimum Gasteiger partial charge on any atom is -0.327 e. The second kappa shape index (κ2) is 6.89. The zero-order valence-electron chi connectivity index (χ0n) is 17.8. The number of nitrogens with zero attached hydrogens (tertiary/aromatic N) is 3. The Hall–Kier alpha value is -2.30. The summed E-state index contributed by atoms with van der Waals surface area (Å²) in [5.74, 6) is 2.73. The molecule has 0 unspecified atom stereocenters. The molecule has 1 heterocycles. The Morgan fingerprint density at radius 1 is 1.10 bits per heavy atom.